The molecular weight excluding hydrogens is 376 g/mol. The van der Waals surface area contributed by atoms with E-state index in [1.807, 2.05) is 42.5 Å². The first-order chi connectivity index (χ1) is 14.2. The lowest BCUT2D eigenvalue weighted by Crippen LogP contribution is -2.14. The van der Waals surface area contributed by atoms with Crippen molar-refractivity contribution < 1.29 is 4.79 Å². The van der Waals surface area contributed by atoms with Crippen LogP contribution in [0.25, 0.3) is 0 Å². The number of aryl methyl sites for hydroxylation is 2. The van der Waals surface area contributed by atoms with E-state index in [9.17, 15) is 10.1 Å². The second-order valence-corrected chi connectivity index (χ2v) is 8.87. The molecule has 0 radical (unpaired) electrons. The highest BCUT2D eigenvalue weighted by Gasteiger charge is 2.25. The van der Waals surface area contributed by atoms with Gasteiger partial charge in [0.1, 0.15) is 11.1 Å². The molecule has 1 unspecified atom stereocenters. The van der Waals surface area contributed by atoms with E-state index in [-0.39, 0.29) is 5.91 Å². The fourth-order valence-corrected chi connectivity index (χ4v) is 5.37. The number of hydrogen-bond acceptors (Lipinski definition) is 3. The number of hydrogen-bond donors (Lipinski definition) is 1. The van der Waals surface area contributed by atoms with Gasteiger partial charge < -0.3 is 5.32 Å². The van der Waals surface area contributed by atoms with Gasteiger partial charge in [-0.05, 0) is 60.8 Å². The third-order valence-electron chi connectivity index (χ3n) is 5.64. The van der Waals surface area contributed by atoms with Crippen LogP contribution in [0.5, 0.6) is 0 Å². The van der Waals surface area contributed by atoms with E-state index in [0.717, 1.165) is 43.2 Å². The minimum Gasteiger partial charge on any atom is -0.312 e. The van der Waals surface area contributed by atoms with Crippen molar-refractivity contribution in [2.75, 3.05) is 5.32 Å². The van der Waals surface area contributed by atoms with E-state index in [2.05, 4.69) is 30.4 Å². The first-order valence-corrected chi connectivity index (χ1v) is 10.9. The van der Waals surface area contributed by atoms with Gasteiger partial charge >= 0.3 is 0 Å². The highest BCUT2D eigenvalue weighted by molar-refractivity contribution is 7.16. The third-order valence-corrected chi connectivity index (χ3v) is 6.81. The Balaban J connectivity index is 1.55. The molecule has 0 fully saturated rings. The minimum absolute atomic E-state index is 0.128. The van der Waals surface area contributed by atoms with Gasteiger partial charge in [0.25, 0.3) is 5.91 Å². The van der Waals surface area contributed by atoms with Crippen LogP contribution in [-0.4, -0.2) is 5.91 Å². The number of thiophene rings is 1. The highest BCUT2D eigenvalue weighted by Crippen LogP contribution is 2.39. The van der Waals surface area contributed by atoms with Crippen LogP contribution in [0, 0.1) is 17.2 Å². The van der Waals surface area contributed by atoms with Crippen LogP contribution in [-0.2, 0) is 25.7 Å². The molecule has 146 valence electrons. The van der Waals surface area contributed by atoms with Crippen LogP contribution in [0.1, 0.15) is 50.8 Å². The average molecular weight is 401 g/mol. The summed E-state index contributed by atoms with van der Waals surface area (Å²) in [7, 11) is 0. The van der Waals surface area contributed by atoms with E-state index in [4.69, 9.17) is 0 Å². The molecule has 1 amide bonds. The summed E-state index contributed by atoms with van der Waals surface area (Å²) >= 11 is 1.57. The number of nitrogens with one attached hydrogen (secondary N) is 1. The zero-order valence-electron chi connectivity index (χ0n) is 16.6. The summed E-state index contributed by atoms with van der Waals surface area (Å²) in [5, 5.41) is 13.4. The molecule has 0 aliphatic heterocycles. The molecule has 3 nitrogen and oxygen atoms in total. The van der Waals surface area contributed by atoms with Crippen molar-refractivity contribution in [3.8, 4) is 6.07 Å². The summed E-state index contributed by atoms with van der Waals surface area (Å²) in [6.07, 6.45) is 4.72. The Bertz CT molecular complexity index is 1060. The van der Waals surface area contributed by atoms with E-state index in [1.54, 1.807) is 11.3 Å². The van der Waals surface area contributed by atoms with Gasteiger partial charge in [0.2, 0.25) is 0 Å². The standard InChI is InChI=1S/C25H24N2OS/c1-17-11-14-21-22(16-26)25(29-23(21)15-17)27-24(28)20-10-6-5-9-19(20)13-12-18-7-3-2-4-8-18/h2-10,17H,11-15H2,1H3,(H,27,28). The molecule has 2 aromatic carbocycles. The van der Waals surface area contributed by atoms with Crippen molar-refractivity contribution in [2.45, 2.75) is 39.0 Å². The number of rotatable bonds is 5. The summed E-state index contributed by atoms with van der Waals surface area (Å²) in [5.41, 5.74) is 4.78. The molecule has 1 heterocycles. The summed E-state index contributed by atoms with van der Waals surface area (Å²) < 4.78 is 0. The molecule has 0 spiro atoms. The molecule has 0 bridgehead atoms. The lowest BCUT2D eigenvalue weighted by atomic mass is 9.88. The summed E-state index contributed by atoms with van der Waals surface area (Å²) in [6, 6.07) is 20.4. The zero-order chi connectivity index (χ0) is 20.2. The Morgan fingerprint density at radius 2 is 1.90 bits per heavy atom. The number of fused-ring (bicyclic) bond motifs is 1. The predicted molar refractivity (Wildman–Crippen MR) is 118 cm³/mol. The van der Waals surface area contributed by atoms with Crippen molar-refractivity contribution in [1.82, 2.24) is 0 Å². The second-order valence-electron chi connectivity index (χ2n) is 7.76. The maximum Gasteiger partial charge on any atom is 0.256 e. The topological polar surface area (TPSA) is 52.9 Å². The van der Waals surface area contributed by atoms with Gasteiger partial charge in [-0.3, -0.25) is 4.79 Å². The molecular formula is C25H24N2OS. The molecule has 1 atom stereocenters. The van der Waals surface area contributed by atoms with Gasteiger partial charge in [0, 0.05) is 10.4 Å². The van der Waals surface area contributed by atoms with Gasteiger partial charge in [-0.2, -0.15) is 5.26 Å². The maximum absolute atomic E-state index is 13.1. The normalized spacial score (nSPS) is 15.4. The first kappa shape index (κ1) is 19.4. The van der Waals surface area contributed by atoms with Crippen molar-refractivity contribution in [2.24, 2.45) is 5.92 Å². The highest BCUT2D eigenvalue weighted by atomic mass is 32.1. The van der Waals surface area contributed by atoms with Crippen molar-refractivity contribution in [3.63, 3.8) is 0 Å². The van der Waals surface area contributed by atoms with Crippen molar-refractivity contribution in [1.29, 1.82) is 5.26 Å². The van der Waals surface area contributed by atoms with Crippen LogP contribution < -0.4 is 5.32 Å². The summed E-state index contributed by atoms with van der Waals surface area (Å²) in [6.45, 7) is 2.25. The molecule has 0 saturated carbocycles. The maximum atomic E-state index is 13.1. The molecule has 1 N–H and O–H groups in total. The lowest BCUT2D eigenvalue weighted by molar-refractivity contribution is 0.102. The number of nitrogens with zero attached hydrogens (tertiary/aromatic N) is 1. The number of carbonyl (C=O) groups is 1. The Hall–Kier alpha value is -2.90. The van der Waals surface area contributed by atoms with Gasteiger partial charge in [0.15, 0.2) is 0 Å². The largest absolute Gasteiger partial charge is 0.312 e. The number of nitriles is 1. The molecule has 1 aromatic heterocycles. The molecule has 1 aliphatic rings. The fraction of sp³-hybridized carbons (Fsp3) is 0.280. The molecule has 1 aliphatic carbocycles. The number of benzene rings is 2. The van der Waals surface area contributed by atoms with E-state index in [0.29, 0.717) is 22.0 Å². The molecule has 3 aromatic rings. The SMILES string of the molecule is CC1CCc2c(sc(NC(=O)c3ccccc3CCc3ccccc3)c2C#N)C1. The smallest absolute Gasteiger partial charge is 0.256 e. The Kier molecular flexibility index (Phi) is 5.78. The quantitative estimate of drug-likeness (QED) is 0.590. The van der Waals surface area contributed by atoms with Crippen LogP contribution in [0.3, 0.4) is 0 Å². The van der Waals surface area contributed by atoms with Crippen molar-refractivity contribution in [3.05, 3.63) is 87.3 Å². The Labute approximate surface area is 176 Å². The van der Waals surface area contributed by atoms with Gasteiger partial charge in [-0.1, -0.05) is 55.5 Å². The van der Waals surface area contributed by atoms with E-state index in [1.165, 1.54) is 10.4 Å². The van der Waals surface area contributed by atoms with Crippen LogP contribution in [0.2, 0.25) is 0 Å². The van der Waals surface area contributed by atoms with Crippen molar-refractivity contribution >= 4 is 22.2 Å². The number of anilines is 1. The third kappa shape index (κ3) is 4.26. The number of carbonyl (C=O) groups excluding carboxylic acids is 1. The summed E-state index contributed by atoms with van der Waals surface area (Å²) in [4.78, 5) is 14.3. The lowest BCUT2D eigenvalue weighted by Gasteiger charge is -2.17. The van der Waals surface area contributed by atoms with Gasteiger partial charge in [-0.15, -0.1) is 11.3 Å². The predicted octanol–water partition coefficient (Wildman–Crippen LogP) is 5.78. The first-order valence-electron chi connectivity index (χ1n) is 10.1. The molecule has 29 heavy (non-hydrogen) atoms. The molecule has 4 heteroatoms. The Morgan fingerprint density at radius 3 is 2.69 bits per heavy atom. The van der Waals surface area contributed by atoms with Crippen LogP contribution >= 0.6 is 11.3 Å². The summed E-state index contributed by atoms with van der Waals surface area (Å²) in [5.74, 6) is 0.506. The monoisotopic (exact) mass is 400 g/mol. The van der Waals surface area contributed by atoms with E-state index >= 15 is 0 Å². The average Bonchev–Trinajstić information content (AvgIpc) is 3.09. The number of amides is 1. The van der Waals surface area contributed by atoms with Gasteiger partial charge in [-0.25, -0.2) is 0 Å². The minimum atomic E-state index is -0.128. The second kappa shape index (κ2) is 8.63. The van der Waals surface area contributed by atoms with Crippen LogP contribution in [0.15, 0.2) is 54.6 Å². The Morgan fingerprint density at radius 1 is 1.14 bits per heavy atom. The molecule has 4 rings (SSSR count). The fourth-order valence-electron chi connectivity index (χ4n) is 4.01. The zero-order valence-corrected chi connectivity index (χ0v) is 17.4. The van der Waals surface area contributed by atoms with E-state index < -0.39 is 0 Å². The van der Waals surface area contributed by atoms with Gasteiger partial charge in [0.05, 0.1) is 5.56 Å². The van der Waals surface area contributed by atoms with Crippen LogP contribution in [0.4, 0.5) is 5.00 Å². The molecule has 0 saturated heterocycles.